The van der Waals surface area contributed by atoms with Crippen molar-refractivity contribution in [3.8, 4) is 5.75 Å². The molecule has 0 saturated heterocycles. The molecule has 0 amide bonds. The van der Waals surface area contributed by atoms with Crippen molar-refractivity contribution < 1.29 is 14.3 Å². The average molecular weight is 417 g/mol. The summed E-state index contributed by atoms with van der Waals surface area (Å²) in [5.74, 6) is 3.32. The first-order valence-corrected chi connectivity index (χ1v) is 12.0. The second kappa shape index (κ2) is 6.60. The molecule has 3 heteroatoms. The van der Waals surface area contributed by atoms with E-state index in [0.717, 1.165) is 63.1 Å². The monoisotopic (exact) mass is 416 g/mol. The van der Waals surface area contributed by atoms with Gasteiger partial charge in [-0.2, -0.15) is 0 Å². The van der Waals surface area contributed by atoms with Crippen LogP contribution in [0.4, 0.5) is 0 Å². The van der Waals surface area contributed by atoms with Crippen LogP contribution in [0.5, 0.6) is 5.75 Å². The van der Waals surface area contributed by atoms with Gasteiger partial charge in [0.1, 0.15) is 11.5 Å². The number of Topliss-reactive ketones (excluding diaryl/α,β-unsaturated/α-hetero) is 1. The standard InChI is InChI=1S/C28H32O3/c1-4-31-20-11-12-28-15-17-13-19(30-3)6-8-21(17)23-16-27(2)24(9-10-25(27)29)22(26(23)28)7-5-18(28)14-20/h5-6,8,13-14,23-24H,4,7,9-12,15-16H2,1-3H3/t23?,24-,27-,28+/m0/s1. The summed E-state index contributed by atoms with van der Waals surface area (Å²) in [6, 6.07) is 6.64. The fraction of sp³-hybridized carbons (Fsp3) is 0.536. The van der Waals surface area contributed by atoms with E-state index in [9.17, 15) is 4.79 Å². The molecule has 31 heavy (non-hydrogen) atoms. The predicted octanol–water partition coefficient (Wildman–Crippen LogP) is 6.05. The number of carbonyl (C=O) groups is 1. The van der Waals surface area contributed by atoms with Crippen LogP contribution in [-0.2, 0) is 16.0 Å². The van der Waals surface area contributed by atoms with Crippen LogP contribution in [0.2, 0.25) is 0 Å². The van der Waals surface area contributed by atoms with Crippen molar-refractivity contribution in [1.82, 2.24) is 0 Å². The van der Waals surface area contributed by atoms with Crippen molar-refractivity contribution in [2.75, 3.05) is 13.7 Å². The summed E-state index contributed by atoms with van der Waals surface area (Å²) in [5, 5.41) is 0. The number of rotatable bonds is 3. The summed E-state index contributed by atoms with van der Waals surface area (Å²) < 4.78 is 11.5. The van der Waals surface area contributed by atoms with Crippen molar-refractivity contribution in [3.63, 3.8) is 0 Å². The lowest BCUT2D eigenvalue weighted by molar-refractivity contribution is -0.126. The summed E-state index contributed by atoms with van der Waals surface area (Å²) in [6.07, 6.45) is 11.7. The Morgan fingerprint density at radius 3 is 2.90 bits per heavy atom. The van der Waals surface area contributed by atoms with Gasteiger partial charge in [-0.1, -0.05) is 30.2 Å². The molecule has 6 rings (SSSR count). The van der Waals surface area contributed by atoms with Crippen LogP contribution in [0.25, 0.3) is 0 Å². The lowest BCUT2D eigenvalue weighted by Gasteiger charge is -2.56. The van der Waals surface area contributed by atoms with Gasteiger partial charge in [-0.05, 0) is 79.9 Å². The maximum Gasteiger partial charge on any atom is 0.139 e. The molecule has 1 aromatic rings. The normalized spacial score (nSPS) is 35.4. The number of methoxy groups -OCH3 is 1. The fourth-order valence-electron chi connectivity index (χ4n) is 7.73. The highest BCUT2D eigenvalue weighted by atomic mass is 16.5. The van der Waals surface area contributed by atoms with Gasteiger partial charge in [-0.15, -0.1) is 0 Å². The van der Waals surface area contributed by atoms with Crippen molar-refractivity contribution in [2.45, 2.75) is 64.7 Å². The van der Waals surface area contributed by atoms with Gasteiger partial charge in [0.2, 0.25) is 0 Å². The lowest BCUT2D eigenvalue weighted by Crippen LogP contribution is -2.47. The van der Waals surface area contributed by atoms with E-state index < -0.39 is 0 Å². The van der Waals surface area contributed by atoms with E-state index in [0.29, 0.717) is 17.6 Å². The van der Waals surface area contributed by atoms with Gasteiger partial charge in [-0.25, -0.2) is 0 Å². The Hall–Kier alpha value is -2.29. The topological polar surface area (TPSA) is 35.5 Å². The summed E-state index contributed by atoms with van der Waals surface area (Å²) in [4.78, 5) is 13.1. The minimum absolute atomic E-state index is 0.0607. The van der Waals surface area contributed by atoms with E-state index in [1.165, 1.54) is 16.7 Å². The number of ether oxygens (including phenoxy) is 2. The van der Waals surface area contributed by atoms with Crippen LogP contribution >= 0.6 is 0 Å². The molecule has 3 nitrogen and oxygen atoms in total. The molecule has 0 bridgehead atoms. The van der Waals surface area contributed by atoms with E-state index in [4.69, 9.17) is 9.47 Å². The number of fused-ring (bicyclic) bond motifs is 4. The molecule has 0 aromatic heterocycles. The van der Waals surface area contributed by atoms with Crippen molar-refractivity contribution in [2.24, 2.45) is 16.7 Å². The molecule has 5 aliphatic rings. The van der Waals surface area contributed by atoms with E-state index in [2.05, 4.69) is 44.2 Å². The number of carbonyl (C=O) groups excluding carboxylic acids is 1. The zero-order valence-corrected chi connectivity index (χ0v) is 18.9. The molecule has 0 radical (unpaired) electrons. The van der Waals surface area contributed by atoms with Crippen molar-refractivity contribution in [1.29, 1.82) is 0 Å². The van der Waals surface area contributed by atoms with Crippen LogP contribution in [0.1, 0.15) is 69.4 Å². The van der Waals surface area contributed by atoms with E-state index >= 15 is 0 Å². The molecule has 5 aliphatic carbocycles. The largest absolute Gasteiger partial charge is 0.498 e. The van der Waals surface area contributed by atoms with Crippen LogP contribution in [-0.4, -0.2) is 19.5 Å². The third-order valence-corrected chi connectivity index (χ3v) is 9.08. The first-order chi connectivity index (χ1) is 15.0. The summed E-state index contributed by atoms with van der Waals surface area (Å²) >= 11 is 0. The Morgan fingerprint density at radius 2 is 2.10 bits per heavy atom. The molecule has 0 N–H and O–H groups in total. The van der Waals surface area contributed by atoms with E-state index in [1.54, 1.807) is 18.3 Å². The molecular weight excluding hydrogens is 384 g/mol. The Morgan fingerprint density at radius 1 is 1.23 bits per heavy atom. The van der Waals surface area contributed by atoms with Crippen LogP contribution in [0.15, 0.2) is 52.8 Å². The minimum atomic E-state index is -0.203. The summed E-state index contributed by atoms with van der Waals surface area (Å²) in [6.45, 7) is 5.05. The maximum absolute atomic E-state index is 13.1. The number of allylic oxidation sites excluding steroid dienone is 6. The van der Waals surface area contributed by atoms with E-state index in [-0.39, 0.29) is 10.8 Å². The second-order valence-electron chi connectivity index (χ2n) is 10.4. The molecule has 1 fully saturated rings. The number of hydrogen-bond acceptors (Lipinski definition) is 3. The first-order valence-electron chi connectivity index (χ1n) is 12.0. The molecule has 1 spiro atoms. The maximum atomic E-state index is 13.1. The molecule has 1 aromatic carbocycles. The predicted molar refractivity (Wildman–Crippen MR) is 121 cm³/mol. The Labute approximate surface area is 185 Å². The molecule has 1 unspecified atom stereocenters. The smallest absolute Gasteiger partial charge is 0.139 e. The molecule has 1 saturated carbocycles. The lowest BCUT2D eigenvalue weighted by atomic mass is 9.47. The summed E-state index contributed by atoms with van der Waals surface area (Å²) in [7, 11) is 1.75. The zero-order chi connectivity index (χ0) is 21.4. The molecule has 0 aliphatic heterocycles. The Balaban J connectivity index is 1.58. The molecule has 162 valence electrons. The van der Waals surface area contributed by atoms with Gasteiger partial charge in [0.15, 0.2) is 0 Å². The zero-order valence-electron chi connectivity index (χ0n) is 18.9. The Kier molecular flexibility index (Phi) is 4.13. The molecule has 4 atom stereocenters. The quantitative estimate of drug-likeness (QED) is 0.563. The van der Waals surface area contributed by atoms with E-state index in [1.807, 2.05) is 0 Å². The van der Waals surface area contributed by atoms with Crippen molar-refractivity contribution in [3.05, 3.63) is 64.0 Å². The highest BCUT2D eigenvalue weighted by molar-refractivity contribution is 5.88. The SMILES string of the molecule is CCOC1=CC2=CCC3=C4C(C[C@]5(C)C(=O)CC[C@@H]35)c3ccc(OC)cc3C[C@]24CC1. The van der Waals surface area contributed by atoms with Gasteiger partial charge >= 0.3 is 0 Å². The van der Waals surface area contributed by atoms with Crippen LogP contribution < -0.4 is 4.74 Å². The highest BCUT2D eigenvalue weighted by Gasteiger charge is 2.59. The van der Waals surface area contributed by atoms with Gasteiger partial charge in [0.05, 0.1) is 19.5 Å². The second-order valence-corrected chi connectivity index (χ2v) is 10.4. The summed E-state index contributed by atoms with van der Waals surface area (Å²) in [5.41, 5.74) is 7.42. The highest BCUT2D eigenvalue weighted by Crippen LogP contribution is 2.67. The molecular formula is C28H32O3. The van der Waals surface area contributed by atoms with Crippen LogP contribution in [0.3, 0.4) is 0 Å². The van der Waals surface area contributed by atoms with Gasteiger partial charge in [0.25, 0.3) is 0 Å². The first kappa shape index (κ1) is 19.4. The van der Waals surface area contributed by atoms with Gasteiger partial charge < -0.3 is 9.47 Å². The third-order valence-electron chi connectivity index (χ3n) is 9.08. The fourth-order valence-corrected chi connectivity index (χ4v) is 7.73. The third kappa shape index (κ3) is 2.49. The Bertz CT molecular complexity index is 1070. The number of benzene rings is 1. The van der Waals surface area contributed by atoms with Gasteiger partial charge in [-0.3, -0.25) is 4.79 Å². The van der Waals surface area contributed by atoms with Gasteiger partial charge in [0, 0.05) is 29.6 Å². The number of hydrogen-bond donors (Lipinski definition) is 0. The van der Waals surface area contributed by atoms with Crippen molar-refractivity contribution >= 4 is 5.78 Å². The molecule has 0 heterocycles. The number of ketones is 1. The minimum Gasteiger partial charge on any atom is -0.498 e. The van der Waals surface area contributed by atoms with Crippen LogP contribution in [0, 0.1) is 16.7 Å². The average Bonchev–Trinajstić information content (AvgIpc) is 3.07.